The van der Waals surface area contributed by atoms with Crippen LogP contribution in [0.3, 0.4) is 0 Å². The number of benzene rings is 4. The predicted octanol–water partition coefficient (Wildman–Crippen LogP) is 6.28. The van der Waals surface area contributed by atoms with E-state index in [9.17, 15) is 10.2 Å². The van der Waals surface area contributed by atoms with Crippen LogP contribution >= 0.6 is 45.2 Å². The Bertz CT molecular complexity index is 1010. The van der Waals surface area contributed by atoms with Crippen molar-refractivity contribution in [1.82, 2.24) is 0 Å². The van der Waals surface area contributed by atoms with Crippen LogP contribution in [0.25, 0.3) is 32.7 Å². The van der Waals surface area contributed by atoms with Crippen molar-refractivity contribution in [3.8, 4) is 22.6 Å². The van der Waals surface area contributed by atoms with Gasteiger partial charge in [-0.2, -0.15) is 0 Å². The van der Waals surface area contributed by atoms with Gasteiger partial charge < -0.3 is 10.2 Å². The quantitative estimate of drug-likeness (QED) is 0.280. The molecule has 0 radical (unpaired) electrons. The van der Waals surface area contributed by atoms with E-state index in [1.54, 1.807) is 0 Å². The molecule has 0 saturated carbocycles. The maximum Gasteiger partial charge on any atom is 0.137 e. The SMILES string of the molecule is Oc1c(I)cc2ccccc2c1-c1c(O)c(I)cc2ccccc12. The van der Waals surface area contributed by atoms with Crippen molar-refractivity contribution in [2.24, 2.45) is 0 Å². The molecule has 0 atom stereocenters. The first kappa shape index (κ1) is 16.0. The van der Waals surface area contributed by atoms with E-state index in [0.717, 1.165) is 28.7 Å². The molecule has 0 saturated heterocycles. The predicted molar refractivity (Wildman–Crippen MR) is 116 cm³/mol. The maximum atomic E-state index is 10.8. The summed E-state index contributed by atoms with van der Waals surface area (Å²) in [4.78, 5) is 0. The number of hydrogen-bond acceptors (Lipinski definition) is 2. The summed E-state index contributed by atoms with van der Waals surface area (Å²) >= 11 is 4.27. The van der Waals surface area contributed by atoms with Crippen molar-refractivity contribution in [3.63, 3.8) is 0 Å². The fourth-order valence-corrected chi connectivity index (χ4v) is 4.32. The second-order valence-corrected chi connectivity index (χ2v) is 7.93. The van der Waals surface area contributed by atoms with Crippen molar-refractivity contribution in [2.75, 3.05) is 0 Å². The highest BCUT2D eigenvalue weighted by atomic mass is 127. The molecule has 0 aliphatic heterocycles. The van der Waals surface area contributed by atoms with Gasteiger partial charge in [-0.25, -0.2) is 0 Å². The molecule has 0 fully saturated rings. The lowest BCUT2D eigenvalue weighted by molar-refractivity contribution is 0.466. The van der Waals surface area contributed by atoms with Crippen LogP contribution in [0, 0.1) is 7.14 Å². The summed E-state index contributed by atoms with van der Waals surface area (Å²) in [6.45, 7) is 0. The van der Waals surface area contributed by atoms with Gasteiger partial charge in [0.15, 0.2) is 0 Å². The van der Waals surface area contributed by atoms with Crippen molar-refractivity contribution in [2.45, 2.75) is 0 Å². The summed E-state index contributed by atoms with van der Waals surface area (Å²) in [5.74, 6) is 0.411. The van der Waals surface area contributed by atoms with Crippen LogP contribution in [0.1, 0.15) is 0 Å². The van der Waals surface area contributed by atoms with Crippen LogP contribution < -0.4 is 0 Å². The van der Waals surface area contributed by atoms with Crippen molar-refractivity contribution >= 4 is 66.7 Å². The molecule has 0 spiro atoms. The van der Waals surface area contributed by atoms with E-state index in [1.165, 1.54) is 0 Å². The van der Waals surface area contributed by atoms with Gasteiger partial charge >= 0.3 is 0 Å². The van der Waals surface area contributed by atoms with Gasteiger partial charge in [0.1, 0.15) is 11.5 Å². The Labute approximate surface area is 166 Å². The monoisotopic (exact) mass is 538 g/mol. The van der Waals surface area contributed by atoms with Gasteiger partial charge in [-0.1, -0.05) is 48.5 Å². The van der Waals surface area contributed by atoms with Crippen LogP contribution in [0.15, 0.2) is 60.7 Å². The maximum absolute atomic E-state index is 10.8. The molecule has 0 aromatic heterocycles. The minimum atomic E-state index is 0.205. The second kappa shape index (κ2) is 6.07. The Morgan fingerprint density at radius 3 is 1.38 bits per heavy atom. The molecule has 4 aromatic rings. The fraction of sp³-hybridized carbons (Fsp3) is 0. The third-order valence-electron chi connectivity index (χ3n) is 4.20. The number of rotatable bonds is 1. The summed E-state index contributed by atoms with van der Waals surface area (Å²) in [6.07, 6.45) is 0. The molecule has 0 unspecified atom stereocenters. The zero-order valence-corrected chi connectivity index (χ0v) is 16.7. The lowest BCUT2D eigenvalue weighted by Gasteiger charge is -2.16. The van der Waals surface area contributed by atoms with E-state index in [-0.39, 0.29) is 11.5 Å². The normalized spacial score (nSPS) is 11.2. The number of phenolic OH excluding ortho intramolecular Hbond substituents is 2. The van der Waals surface area contributed by atoms with Gasteiger partial charge in [-0.3, -0.25) is 0 Å². The Morgan fingerprint density at radius 1 is 0.583 bits per heavy atom. The lowest BCUT2D eigenvalue weighted by Crippen LogP contribution is -1.90. The molecule has 2 N–H and O–H groups in total. The molecule has 4 heteroatoms. The number of fused-ring (bicyclic) bond motifs is 2. The van der Waals surface area contributed by atoms with E-state index < -0.39 is 0 Å². The Kier molecular flexibility index (Phi) is 4.04. The van der Waals surface area contributed by atoms with Crippen molar-refractivity contribution in [1.29, 1.82) is 0 Å². The topological polar surface area (TPSA) is 40.5 Å². The highest BCUT2D eigenvalue weighted by molar-refractivity contribution is 14.1. The molecule has 4 rings (SSSR count). The first-order valence-electron chi connectivity index (χ1n) is 7.38. The van der Waals surface area contributed by atoms with E-state index in [4.69, 9.17) is 0 Å². The molecule has 0 aliphatic rings. The molecule has 24 heavy (non-hydrogen) atoms. The number of aromatic hydroxyl groups is 2. The summed E-state index contributed by atoms with van der Waals surface area (Å²) in [6, 6.07) is 19.8. The first-order chi connectivity index (χ1) is 11.6. The summed E-state index contributed by atoms with van der Waals surface area (Å²) in [5, 5.41) is 25.5. The van der Waals surface area contributed by atoms with Gasteiger partial charge in [0.25, 0.3) is 0 Å². The zero-order valence-electron chi connectivity index (χ0n) is 12.4. The first-order valence-corrected chi connectivity index (χ1v) is 9.54. The van der Waals surface area contributed by atoms with Gasteiger partial charge in [-0.05, 0) is 78.9 Å². The summed E-state index contributed by atoms with van der Waals surface area (Å²) < 4.78 is 1.53. The standard InChI is InChI=1S/C20H12I2O2/c21-15-9-11-5-1-3-7-13(11)17(19(15)23)18-14-8-4-2-6-12(14)10-16(22)20(18)24/h1-10,23-24H. The number of halogens is 2. The lowest BCUT2D eigenvalue weighted by atomic mass is 9.92. The zero-order chi connectivity index (χ0) is 16.8. The molecule has 0 heterocycles. The minimum Gasteiger partial charge on any atom is -0.506 e. The van der Waals surface area contributed by atoms with E-state index in [0.29, 0.717) is 11.1 Å². The van der Waals surface area contributed by atoms with Crippen molar-refractivity contribution < 1.29 is 10.2 Å². The second-order valence-electron chi connectivity index (χ2n) is 5.61. The molecule has 118 valence electrons. The van der Waals surface area contributed by atoms with Crippen LogP contribution in [0.4, 0.5) is 0 Å². The fourth-order valence-electron chi connectivity index (χ4n) is 3.11. The van der Waals surface area contributed by atoms with Gasteiger partial charge in [0, 0.05) is 11.1 Å². The van der Waals surface area contributed by atoms with E-state index in [2.05, 4.69) is 45.2 Å². The highest BCUT2D eigenvalue weighted by Crippen LogP contribution is 2.47. The molecular weight excluding hydrogens is 526 g/mol. The Hall–Kier alpha value is -1.54. The van der Waals surface area contributed by atoms with Gasteiger partial charge in [0.05, 0.1) is 7.14 Å². The molecular formula is C20H12I2O2. The summed E-state index contributed by atoms with van der Waals surface area (Å²) in [7, 11) is 0. The van der Waals surface area contributed by atoms with E-state index in [1.807, 2.05) is 60.7 Å². The van der Waals surface area contributed by atoms with Crippen LogP contribution in [0.2, 0.25) is 0 Å². The third-order valence-corrected chi connectivity index (χ3v) is 5.85. The molecule has 0 amide bonds. The third kappa shape index (κ3) is 2.43. The van der Waals surface area contributed by atoms with Gasteiger partial charge in [0.2, 0.25) is 0 Å². The largest absolute Gasteiger partial charge is 0.506 e. The molecule has 4 aromatic carbocycles. The Balaban J connectivity index is 2.26. The number of phenols is 2. The van der Waals surface area contributed by atoms with Crippen LogP contribution in [-0.2, 0) is 0 Å². The minimum absolute atomic E-state index is 0.205. The average molecular weight is 538 g/mol. The molecule has 0 aliphatic carbocycles. The average Bonchev–Trinajstić information content (AvgIpc) is 2.58. The number of hydrogen-bond donors (Lipinski definition) is 2. The van der Waals surface area contributed by atoms with E-state index >= 15 is 0 Å². The van der Waals surface area contributed by atoms with Gasteiger partial charge in [-0.15, -0.1) is 0 Å². The van der Waals surface area contributed by atoms with Crippen LogP contribution in [-0.4, -0.2) is 10.2 Å². The smallest absolute Gasteiger partial charge is 0.137 e. The highest BCUT2D eigenvalue weighted by Gasteiger charge is 2.20. The summed E-state index contributed by atoms with van der Waals surface area (Å²) in [5.41, 5.74) is 1.37. The van der Waals surface area contributed by atoms with Crippen LogP contribution in [0.5, 0.6) is 11.5 Å². The Morgan fingerprint density at radius 2 is 0.958 bits per heavy atom. The van der Waals surface area contributed by atoms with Crippen molar-refractivity contribution in [3.05, 3.63) is 67.8 Å². The molecule has 0 bridgehead atoms. The molecule has 2 nitrogen and oxygen atoms in total.